The van der Waals surface area contributed by atoms with E-state index in [-0.39, 0.29) is 11.4 Å². The van der Waals surface area contributed by atoms with Crippen molar-refractivity contribution < 1.29 is 13.9 Å². The Bertz CT molecular complexity index is 604. The molecule has 0 saturated heterocycles. The summed E-state index contributed by atoms with van der Waals surface area (Å²) in [6, 6.07) is 4.06. The second-order valence-electron chi connectivity index (χ2n) is 3.91. The first-order valence-corrected chi connectivity index (χ1v) is 6.88. The predicted octanol–water partition coefficient (Wildman–Crippen LogP) is 3.14. The van der Waals surface area contributed by atoms with Gasteiger partial charge in [-0.15, -0.1) is 0 Å². The molecule has 0 unspecified atom stereocenters. The number of allylic oxidation sites excluding steroid dienone is 2. The molecule has 0 spiro atoms. The van der Waals surface area contributed by atoms with E-state index < -0.39 is 11.7 Å². The zero-order valence-electron chi connectivity index (χ0n) is 10.6. The minimum atomic E-state index is -0.587. The highest BCUT2D eigenvalue weighted by atomic mass is 35.5. The number of methoxy groups -OCH3 is 1. The summed E-state index contributed by atoms with van der Waals surface area (Å²) >= 11 is 6.99. The molecule has 0 bridgehead atoms. The van der Waals surface area contributed by atoms with Crippen molar-refractivity contribution in [2.75, 3.05) is 12.1 Å². The molecular formula is C13H12ClFN2O2S. The molecule has 0 fully saturated rings. The molecule has 2 N–H and O–H groups in total. The van der Waals surface area contributed by atoms with Crippen LogP contribution in [0.4, 0.5) is 10.1 Å². The lowest BCUT2D eigenvalue weighted by Gasteiger charge is -2.19. The van der Waals surface area contributed by atoms with Gasteiger partial charge in [0.1, 0.15) is 0 Å². The smallest absolute Gasteiger partial charge is 0.278 e. The van der Waals surface area contributed by atoms with Crippen molar-refractivity contribution >= 4 is 35.0 Å². The molecule has 1 aliphatic rings. The number of benzene rings is 1. The van der Waals surface area contributed by atoms with Crippen LogP contribution in [0, 0.1) is 5.82 Å². The second kappa shape index (κ2) is 6.30. The first-order valence-electron chi connectivity index (χ1n) is 5.69. The van der Waals surface area contributed by atoms with Crippen LogP contribution in [0.2, 0.25) is 0 Å². The fraction of sp³-hybridized carbons (Fsp3) is 0.154. The molecular weight excluding hydrogens is 303 g/mol. The van der Waals surface area contributed by atoms with Gasteiger partial charge in [-0.1, -0.05) is 35.5 Å². The summed E-state index contributed by atoms with van der Waals surface area (Å²) in [7, 11) is 1.36. The standard InChI is InChI=1S/C13H12ClFN2O2S/c1-19-10-6-5-8(7-9(10)15)17(16)13(18)11-3-2-4-12(14)20-11/h3-7H,2,16H2,1H3. The van der Waals surface area contributed by atoms with Crippen LogP contribution in [0.25, 0.3) is 0 Å². The Morgan fingerprint density at radius 2 is 2.25 bits per heavy atom. The molecule has 1 amide bonds. The van der Waals surface area contributed by atoms with Gasteiger partial charge in [0, 0.05) is 6.07 Å². The van der Waals surface area contributed by atoms with Gasteiger partial charge in [0.15, 0.2) is 11.6 Å². The first-order chi connectivity index (χ1) is 9.52. The Labute approximate surface area is 125 Å². The highest BCUT2D eigenvalue weighted by Gasteiger charge is 2.21. The summed E-state index contributed by atoms with van der Waals surface area (Å²) in [6.45, 7) is 0. The van der Waals surface area contributed by atoms with Gasteiger partial charge in [-0.25, -0.2) is 15.2 Å². The lowest BCUT2D eigenvalue weighted by molar-refractivity contribution is -0.114. The fourth-order valence-corrected chi connectivity index (χ4v) is 2.71. The highest BCUT2D eigenvalue weighted by molar-refractivity contribution is 8.09. The quantitative estimate of drug-likeness (QED) is 0.529. The van der Waals surface area contributed by atoms with E-state index in [1.165, 1.54) is 19.2 Å². The number of carbonyl (C=O) groups excluding carboxylic acids is 1. The van der Waals surface area contributed by atoms with Crippen LogP contribution in [0.5, 0.6) is 5.75 Å². The van der Waals surface area contributed by atoms with Crippen LogP contribution >= 0.6 is 23.4 Å². The molecule has 1 aromatic rings. The SMILES string of the molecule is COc1ccc(N(N)C(=O)C2=CCC=C(Cl)S2)cc1F. The van der Waals surface area contributed by atoms with E-state index in [0.717, 1.165) is 22.8 Å². The molecule has 0 aromatic heterocycles. The number of carbonyl (C=O) groups is 1. The van der Waals surface area contributed by atoms with Crippen molar-refractivity contribution in [1.82, 2.24) is 0 Å². The summed E-state index contributed by atoms with van der Waals surface area (Å²) in [5, 5.41) is 0.886. The average Bonchev–Trinajstić information content (AvgIpc) is 2.45. The van der Waals surface area contributed by atoms with Gasteiger partial charge in [0.2, 0.25) is 0 Å². The molecule has 2 rings (SSSR count). The summed E-state index contributed by atoms with van der Waals surface area (Å²) in [6.07, 6.45) is 4.08. The molecule has 0 radical (unpaired) electrons. The average molecular weight is 315 g/mol. The predicted molar refractivity (Wildman–Crippen MR) is 78.9 cm³/mol. The van der Waals surface area contributed by atoms with E-state index in [1.807, 2.05) is 0 Å². The minimum absolute atomic E-state index is 0.0897. The maximum absolute atomic E-state index is 13.6. The van der Waals surface area contributed by atoms with Crippen molar-refractivity contribution in [3.05, 3.63) is 45.4 Å². The highest BCUT2D eigenvalue weighted by Crippen LogP contribution is 2.34. The molecule has 1 heterocycles. The van der Waals surface area contributed by atoms with Crippen molar-refractivity contribution in [3.8, 4) is 5.75 Å². The molecule has 0 atom stereocenters. The van der Waals surface area contributed by atoms with Gasteiger partial charge < -0.3 is 4.74 Å². The number of anilines is 1. The lowest BCUT2D eigenvalue weighted by Crippen LogP contribution is -2.38. The molecule has 1 aliphatic heterocycles. The van der Waals surface area contributed by atoms with Crippen molar-refractivity contribution in [2.45, 2.75) is 6.42 Å². The third kappa shape index (κ3) is 3.15. The van der Waals surface area contributed by atoms with E-state index in [0.29, 0.717) is 15.7 Å². The second-order valence-corrected chi connectivity index (χ2v) is 5.62. The minimum Gasteiger partial charge on any atom is -0.494 e. The summed E-state index contributed by atoms with van der Waals surface area (Å²) < 4.78 is 18.9. The maximum Gasteiger partial charge on any atom is 0.278 e. The third-order valence-electron chi connectivity index (χ3n) is 2.63. The van der Waals surface area contributed by atoms with E-state index >= 15 is 0 Å². The summed E-state index contributed by atoms with van der Waals surface area (Å²) in [5.74, 6) is 4.80. The topological polar surface area (TPSA) is 55.6 Å². The fourth-order valence-electron chi connectivity index (χ4n) is 1.62. The Balaban J connectivity index is 2.19. The number of rotatable bonds is 3. The first kappa shape index (κ1) is 14.9. The molecule has 20 heavy (non-hydrogen) atoms. The number of hydrogen-bond acceptors (Lipinski definition) is 4. The largest absolute Gasteiger partial charge is 0.494 e. The van der Waals surface area contributed by atoms with Gasteiger partial charge in [-0.05, 0) is 18.6 Å². The van der Waals surface area contributed by atoms with Crippen LogP contribution in [0.3, 0.4) is 0 Å². The monoisotopic (exact) mass is 314 g/mol. The molecule has 7 heteroatoms. The number of nitrogens with zero attached hydrogens (tertiary/aromatic N) is 1. The number of ether oxygens (including phenoxy) is 1. The van der Waals surface area contributed by atoms with Crippen LogP contribution in [0.15, 0.2) is 39.6 Å². The number of nitrogens with two attached hydrogens (primary N) is 1. The van der Waals surface area contributed by atoms with Crippen LogP contribution in [0.1, 0.15) is 6.42 Å². The van der Waals surface area contributed by atoms with Gasteiger partial charge in [-0.2, -0.15) is 0 Å². The molecule has 1 aromatic carbocycles. The Morgan fingerprint density at radius 3 is 2.85 bits per heavy atom. The Kier molecular flexibility index (Phi) is 4.69. The molecule has 0 aliphatic carbocycles. The zero-order chi connectivity index (χ0) is 14.7. The van der Waals surface area contributed by atoms with Crippen molar-refractivity contribution in [3.63, 3.8) is 0 Å². The van der Waals surface area contributed by atoms with Gasteiger partial charge in [0.05, 0.1) is 22.1 Å². The van der Waals surface area contributed by atoms with Gasteiger partial charge in [-0.3, -0.25) is 4.79 Å². The van der Waals surface area contributed by atoms with Crippen molar-refractivity contribution in [2.24, 2.45) is 5.84 Å². The van der Waals surface area contributed by atoms with E-state index in [9.17, 15) is 9.18 Å². The normalized spacial score (nSPS) is 14.4. The maximum atomic E-state index is 13.6. The van der Waals surface area contributed by atoms with E-state index in [4.69, 9.17) is 22.2 Å². The van der Waals surface area contributed by atoms with Crippen LogP contribution in [-0.2, 0) is 4.79 Å². The molecule has 0 saturated carbocycles. The number of amides is 1. The number of halogens is 2. The Morgan fingerprint density at radius 1 is 1.50 bits per heavy atom. The number of thioether (sulfide) groups is 1. The number of hydrogen-bond donors (Lipinski definition) is 1. The van der Waals surface area contributed by atoms with Gasteiger partial charge in [0.25, 0.3) is 5.91 Å². The van der Waals surface area contributed by atoms with Crippen LogP contribution < -0.4 is 15.6 Å². The summed E-state index contributed by atoms with van der Waals surface area (Å²) in [4.78, 5) is 12.6. The van der Waals surface area contributed by atoms with Gasteiger partial charge >= 0.3 is 0 Å². The lowest BCUT2D eigenvalue weighted by atomic mass is 10.2. The third-order valence-corrected chi connectivity index (χ3v) is 3.94. The Hall–Kier alpha value is -1.50. The number of hydrazine groups is 1. The zero-order valence-corrected chi connectivity index (χ0v) is 12.2. The van der Waals surface area contributed by atoms with E-state index in [1.54, 1.807) is 12.2 Å². The molecule has 4 nitrogen and oxygen atoms in total. The van der Waals surface area contributed by atoms with Crippen LogP contribution in [-0.4, -0.2) is 13.0 Å². The summed E-state index contributed by atoms with van der Waals surface area (Å²) in [5.41, 5.74) is 0.237. The van der Waals surface area contributed by atoms with E-state index in [2.05, 4.69) is 0 Å². The van der Waals surface area contributed by atoms with Crippen molar-refractivity contribution in [1.29, 1.82) is 0 Å². The molecule has 106 valence electrons.